The number of benzene rings is 1. The Hall–Kier alpha value is -2.12. The highest BCUT2D eigenvalue weighted by atomic mass is 16.3. The highest BCUT2D eigenvalue weighted by Gasteiger charge is 2.26. The van der Waals surface area contributed by atoms with Crippen LogP contribution in [0.2, 0.25) is 0 Å². The number of likely N-dealkylation sites (N-methyl/N-ethyl adjacent to an activating group) is 2. The lowest BCUT2D eigenvalue weighted by molar-refractivity contribution is 0.0950. The lowest BCUT2D eigenvalue weighted by atomic mass is 9.99. The van der Waals surface area contributed by atoms with Crippen LogP contribution in [0.1, 0.15) is 20.7 Å². The summed E-state index contributed by atoms with van der Waals surface area (Å²) in [5.41, 5.74) is -0.716. The van der Waals surface area contributed by atoms with Gasteiger partial charge < -0.3 is 25.1 Å². The van der Waals surface area contributed by atoms with Gasteiger partial charge in [0, 0.05) is 6.07 Å². The summed E-state index contributed by atoms with van der Waals surface area (Å²) in [5.74, 6) is -2.90. The van der Waals surface area contributed by atoms with Crippen molar-refractivity contribution in [3.05, 3.63) is 17.2 Å². The van der Waals surface area contributed by atoms with Gasteiger partial charge in [-0.15, -0.1) is 0 Å². The molecule has 0 saturated heterocycles. The lowest BCUT2D eigenvalue weighted by Crippen LogP contribution is -2.24. The standard InChI is InChI=1S/C14H20N2O5/c1-15(2)6-10(19)12-8(17)5-9(18)13(14(12)21)11(20)7-16(3)4/h5,17-18,21H,6-7H2,1-4H3. The number of carbonyl (C=O) groups is 2. The molecule has 0 bridgehead atoms. The van der Waals surface area contributed by atoms with Gasteiger partial charge in [-0.25, -0.2) is 0 Å². The predicted molar refractivity (Wildman–Crippen MR) is 77.2 cm³/mol. The molecule has 0 amide bonds. The fourth-order valence-electron chi connectivity index (χ4n) is 1.92. The van der Waals surface area contributed by atoms with Crippen LogP contribution in [0.25, 0.3) is 0 Å². The number of hydrogen-bond acceptors (Lipinski definition) is 7. The number of ketones is 2. The maximum atomic E-state index is 12.0. The fraction of sp³-hybridized carbons (Fsp3) is 0.429. The molecule has 0 heterocycles. The minimum Gasteiger partial charge on any atom is -0.507 e. The van der Waals surface area contributed by atoms with E-state index in [9.17, 15) is 24.9 Å². The van der Waals surface area contributed by atoms with Crippen LogP contribution in [0.3, 0.4) is 0 Å². The van der Waals surface area contributed by atoms with Crippen molar-refractivity contribution < 1.29 is 24.9 Å². The van der Waals surface area contributed by atoms with E-state index in [4.69, 9.17) is 0 Å². The van der Waals surface area contributed by atoms with Crippen LogP contribution in [0.4, 0.5) is 0 Å². The van der Waals surface area contributed by atoms with E-state index in [1.54, 1.807) is 38.0 Å². The highest BCUT2D eigenvalue weighted by molar-refractivity contribution is 6.09. The Morgan fingerprint density at radius 3 is 1.48 bits per heavy atom. The maximum Gasteiger partial charge on any atom is 0.184 e. The van der Waals surface area contributed by atoms with E-state index >= 15 is 0 Å². The van der Waals surface area contributed by atoms with Crippen molar-refractivity contribution in [2.45, 2.75) is 0 Å². The SMILES string of the molecule is CN(C)CC(=O)c1c(O)cc(O)c(C(=O)CN(C)C)c1O. The average Bonchev–Trinajstić information content (AvgIpc) is 2.24. The Morgan fingerprint density at radius 1 is 0.857 bits per heavy atom. The van der Waals surface area contributed by atoms with Crippen molar-refractivity contribution in [3.63, 3.8) is 0 Å². The number of nitrogens with zero attached hydrogens (tertiary/aromatic N) is 2. The second-order valence-corrected chi connectivity index (χ2v) is 5.34. The molecule has 0 aliphatic carbocycles. The molecule has 0 atom stereocenters. The van der Waals surface area contributed by atoms with Crippen molar-refractivity contribution in [2.24, 2.45) is 0 Å². The minimum atomic E-state index is -0.689. The summed E-state index contributed by atoms with van der Waals surface area (Å²) in [6.07, 6.45) is 0. The molecule has 0 fully saturated rings. The van der Waals surface area contributed by atoms with E-state index < -0.39 is 28.8 Å². The Labute approximate surface area is 123 Å². The van der Waals surface area contributed by atoms with Crippen LogP contribution in [-0.4, -0.2) is 78.0 Å². The van der Waals surface area contributed by atoms with Gasteiger partial charge in [0.15, 0.2) is 11.6 Å². The second kappa shape index (κ2) is 6.55. The highest BCUT2D eigenvalue weighted by Crippen LogP contribution is 2.38. The van der Waals surface area contributed by atoms with Gasteiger partial charge in [0.2, 0.25) is 0 Å². The molecule has 0 saturated carbocycles. The molecular formula is C14H20N2O5. The first-order chi connectivity index (χ1) is 9.65. The van der Waals surface area contributed by atoms with Crippen LogP contribution < -0.4 is 0 Å². The Morgan fingerprint density at radius 2 is 1.19 bits per heavy atom. The van der Waals surface area contributed by atoms with E-state index in [1.807, 2.05) is 0 Å². The zero-order chi connectivity index (χ0) is 16.3. The van der Waals surface area contributed by atoms with Gasteiger partial charge in [0.05, 0.1) is 13.1 Å². The van der Waals surface area contributed by atoms with Gasteiger partial charge in [-0.3, -0.25) is 9.59 Å². The minimum absolute atomic E-state index is 0.0484. The van der Waals surface area contributed by atoms with Crippen LogP contribution in [0, 0.1) is 0 Å². The van der Waals surface area contributed by atoms with Crippen molar-refractivity contribution in [3.8, 4) is 17.2 Å². The van der Waals surface area contributed by atoms with Crippen molar-refractivity contribution in [2.75, 3.05) is 41.3 Å². The molecule has 0 aromatic heterocycles. The number of carbonyl (C=O) groups excluding carboxylic acids is 2. The molecule has 0 spiro atoms. The number of phenols is 3. The van der Waals surface area contributed by atoms with Gasteiger partial charge in [0.25, 0.3) is 0 Å². The maximum absolute atomic E-state index is 12.0. The first-order valence-electron chi connectivity index (χ1n) is 6.28. The van der Waals surface area contributed by atoms with Crippen molar-refractivity contribution in [1.82, 2.24) is 9.80 Å². The zero-order valence-electron chi connectivity index (χ0n) is 12.5. The summed E-state index contributed by atoms with van der Waals surface area (Å²) in [7, 11) is 6.63. The second-order valence-electron chi connectivity index (χ2n) is 5.34. The predicted octanol–water partition coefficient (Wildman–Crippen LogP) is 0.292. The molecule has 1 aromatic carbocycles. The normalized spacial score (nSPS) is 11.1. The largest absolute Gasteiger partial charge is 0.507 e. The lowest BCUT2D eigenvalue weighted by Gasteiger charge is -2.15. The van der Waals surface area contributed by atoms with E-state index in [-0.39, 0.29) is 24.2 Å². The summed E-state index contributed by atoms with van der Waals surface area (Å²) < 4.78 is 0. The number of Topliss-reactive ketones (excluding diaryl/α,β-unsaturated/α-hetero) is 2. The van der Waals surface area contributed by atoms with Crippen molar-refractivity contribution >= 4 is 11.6 Å². The quantitative estimate of drug-likeness (QED) is 0.649. The fourth-order valence-corrected chi connectivity index (χ4v) is 1.92. The average molecular weight is 296 g/mol. The molecule has 0 unspecified atom stereocenters. The molecular weight excluding hydrogens is 276 g/mol. The Balaban J connectivity index is 3.35. The smallest absolute Gasteiger partial charge is 0.184 e. The summed E-state index contributed by atoms with van der Waals surface area (Å²) >= 11 is 0. The first-order valence-corrected chi connectivity index (χ1v) is 6.28. The molecule has 116 valence electrons. The van der Waals surface area contributed by atoms with E-state index in [0.717, 1.165) is 6.07 Å². The monoisotopic (exact) mass is 296 g/mol. The van der Waals surface area contributed by atoms with Gasteiger partial charge >= 0.3 is 0 Å². The van der Waals surface area contributed by atoms with Crippen LogP contribution >= 0.6 is 0 Å². The topological polar surface area (TPSA) is 101 Å². The van der Waals surface area contributed by atoms with E-state index in [2.05, 4.69) is 0 Å². The molecule has 0 aliphatic heterocycles. The summed E-state index contributed by atoms with van der Waals surface area (Å²) in [6, 6.07) is 0.894. The van der Waals surface area contributed by atoms with Crippen LogP contribution in [0.15, 0.2) is 6.07 Å². The summed E-state index contributed by atoms with van der Waals surface area (Å²) in [6.45, 7) is -0.0968. The number of aromatic hydroxyl groups is 3. The third-order valence-electron chi connectivity index (χ3n) is 2.74. The van der Waals surface area contributed by atoms with Gasteiger partial charge in [-0.05, 0) is 28.2 Å². The number of rotatable bonds is 6. The summed E-state index contributed by atoms with van der Waals surface area (Å²) in [4.78, 5) is 27.2. The van der Waals surface area contributed by atoms with Crippen LogP contribution in [-0.2, 0) is 0 Å². The molecule has 7 heteroatoms. The third-order valence-corrected chi connectivity index (χ3v) is 2.74. The van der Waals surface area contributed by atoms with Crippen molar-refractivity contribution in [1.29, 1.82) is 0 Å². The molecule has 1 aromatic rings. The van der Waals surface area contributed by atoms with Gasteiger partial charge in [-0.1, -0.05) is 0 Å². The van der Waals surface area contributed by atoms with E-state index in [0.29, 0.717) is 0 Å². The molecule has 3 N–H and O–H groups in total. The molecule has 0 aliphatic rings. The molecule has 1 rings (SSSR count). The summed E-state index contributed by atoms with van der Waals surface area (Å²) in [5, 5.41) is 29.6. The molecule has 0 radical (unpaired) electrons. The third kappa shape index (κ3) is 3.93. The molecule has 7 nitrogen and oxygen atoms in total. The van der Waals surface area contributed by atoms with Gasteiger partial charge in [-0.2, -0.15) is 0 Å². The van der Waals surface area contributed by atoms with Gasteiger partial charge in [0.1, 0.15) is 28.4 Å². The van der Waals surface area contributed by atoms with Crippen LogP contribution in [0.5, 0.6) is 17.2 Å². The van der Waals surface area contributed by atoms with E-state index in [1.165, 1.54) is 0 Å². The Bertz CT molecular complexity index is 521. The first kappa shape index (κ1) is 16.9. The number of phenolic OH excluding ortho intramolecular Hbond substituents is 3. The Kier molecular flexibility index (Phi) is 5.28. The zero-order valence-corrected chi connectivity index (χ0v) is 12.5. The number of hydrogen-bond donors (Lipinski definition) is 3. The molecule has 21 heavy (non-hydrogen) atoms.